The van der Waals surface area contributed by atoms with Crippen molar-refractivity contribution in [2.45, 2.75) is 50.3 Å². The van der Waals surface area contributed by atoms with E-state index in [2.05, 4.69) is 9.71 Å². The van der Waals surface area contributed by atoms with Gasteiger partial charge < -0.3 is 9.66 Å². The Bertz CT molecular complexity index is 1420. The van der Waals surface area contributed by atoms with E-state index in [-0.39, 0.29) is 5.56 Å². The quantitative estimate of drug-likeness (QED) is 0.237. The molecule has 0 saturated carbocycles. The Morgan fingerprint density at radius 1 is 1.03 bits per heavy atom. The normalized spacial score (nSPS) is 15.9. The van der Waals surface area contributed by atoms with Crippen LogP contribution in [0.25, 0.3) is 21.3 Å². The van der Waals surface area contributed by atoms with Gasteiger partial charge in [-0.3, -0.25) is 4.98 Å². The van der Waals surface area contributed by atoms with E-state index in [1.165, 1.54) is 23.6 Å². The van der Waals surface area contributed by atoms with Gasteiger partial charge in [0.05, 0.1) is 5.69 Å². The van der Waals surface area contributed by atoms with Crippen molar-refractivity contribution < 1.29 is 22.8 Å². The van der Waals surface area contributed by atoms with Crippen LogP contribution in [0.4, 0.5) is 13.2 Å². The molecule has 0 amide bonds. The molecule has 0 aliphatic heterocycles. The van der Waals surface area contributed by atoms with E-state index in [0.29, 0.717) is 16.3 Å². The van der Waals surface area contributed by atoms with Gasteiger partial charge in [-0.2, -0.15) is 13.2 Å². The summed E-state index contributed by atoms with van der Waals surface area (Å²) in [5.74, 6) is 0. The first-order valence-corrected chi connectivity index (χ1v) is 13.8. The number of hydrogen-bond donors (Lipinski definition) is 2. The number of halogens is 4. The molecule has 4 nitrogen and oxygen atoms in total. The molecule has 0 saturated heterocycles. The minimum absolute atomic E-state index is 0.296. The summed E-state index contributed by atoms with van der Waals surface area (Å²) in [6.07, 6.45) is -3.58. The van der Waals surface area contributed by atoms with Gasteiger partial charge in [0.2, 0.25) is 0 Å². The summed E-state index contributed by atoms with van der Waals surface area (Å²) in [5.41, 5.74) is -1.62. The highest BCUT2D eigenvalue weighted by atomic mass is 35.5. The van der Waals surface area contributed by atoms with E-state index < -0.39 is 33.9 Å². The number of nitrogens with zero attached hydrogens (tertiary/aromatic N) is 1. The molecule has 0 aliphatic rings. The lowest BCUT2D eigenvalue weighted by Crippen LogP contribution is -2.41. The molecule has 0 bridgehead atoms. The van der Waals surface area contributed by atoms with Gasteiger partial charge in [-0.05, 0) is 68.5 Å². The minimum Gasteiger partial charge on any atom is -0.598 e. The SMILES string of the molecule is CC(C)(C)[S+]([O-])N[C@H](c1cc2cccc(-c3cc([C@](C)(O)C(F)(F)F)ccn3)c2s1)c1ccccc1Cl. The molecule has 0 radical (unpaired) electrons. The van der Waals surface area contributed by atoms with Crippen molar-refractivity contribution in [3.63, 3.8) is 0 Å². The maximum absolute atomic E-state index is 13.5. The van der Waals surface area contributed by atoms with Crippen LogP contribution >= 0.6 is 22.9 Å². The molecule has 2 N–H and O–H groups in total. The first-order valence-electron chi connectivity index (χ1n) is 11.4. The highest BCUT2D eigenvalue weighted by Crippen LogP contribution is 2.42. The van der Waals surface area contributed by atoms with E-state index in [1.54, 1.807) is 18.2 Å². The van der Waals surface area contributed by atoms with Crippen molar-refractivity contribution in [2.75, 3.05) is 0 Å². The van der Waals surface area contributed by atoms with Crippen LogP contribution in [0.15, 0.2) is 66.9 Å². The van der Waals surface area contributed by atoms with Crippen LogP contribution in [0.2, 0.25) is 5.02 Å². The van der Waals surface area contributed by atoms with E-state index in [0.717, 1.165) is 33.5 Å². The molecule has 0 spiro atoms. The third-order valence-electron chi connectivity index (χ3n) is 5.99. The fourth-order valence-corrected chi connectivity index (χ4v) is 6.13. The number of fused-ring (bicyclic) bond motifs is 1. The Balaban J connectivity index is 1.84. The summed E-state index contributed by atoms with van der Waals surface area (Å²) >= 11 is 6.54. The second kappa shape index (κ2) is 10.2. The van der Waals surface area contributed by atoms with Crippen molar-refractivity contribution in [3.05, 3.63) is 87.9 Å². The molecule has 4 rings (SSSR count). The first kappa shape index (κ1) is 27.9. The predicted octanol–water partition coefficient (Wildman–Crippen LogP) is 7.53. The number of aliphatic hydroxyl groups is 1. The standard InChI is InChI=1S/C27H26ClF3N2O2S2/c1-25(2,3)37(35)33-23(18-9-5-6-11-20(18)28)22-14-16-8-7-10-19(24(16)36-22)21-15-17(12-13-32-21)26(4,34)27(29,30)31/h5-15,23,33-34H,1-4H3/t23-,26-,37?/m0/s1. The molecule has 0 fully saturated rings. The molecule has 10 heteroatoms. The zero-order valence-electron chi connectivity index (χ0n) is 20.6. The second-order valence-electron chi connectivity index (χ2n) is 9.83. The molecule has 4 aromatic rings. The van der Waals surface area contributed by atoms with Crippen molar-refractivity contribution >= 4 is 44.4 Å². The van der Waals surface area contributed by atoms with E-state index in [1.807, 2.05) is 51.1 Å². The van der Waals surface area contributed by atoms with Gasteiger partial charge in [0.15, 0.2) is 5.60 Å². The fourth-order valence-electron chi connectivity index (χ4n) is 3.74. The van der Waals surface area contributed by atoms with Crippen LogP contribution in [-0.4, -0.2) is 25.6 Å². The number of benzene rings is 2. The second-order valence-corrected chi connectivity index (χ2v) is 13.3. The number of aromatic nitrogens is 1. The highest BCUT2D eigenvalue weighted by Gasteiger charge is 2.51. The van der Waals surface area contributed by atoms with Gasteiger partial charge in [0.25, 0.3) is 0 Å². The van der Waals surface area contributed by atoms with Gasteiger partial charge in [-0.15, -0.1) is 16.1 Å². The minimum atomic E-state index is -4.84. The Labute approximate surface area is 225 Å². The number of alkyl halides is 3. The number of hydrogen-bond acceptors (Lipinski definition) is 5. The van der Waals surface area contributed by atoms with Crippen LogP contribution < -0.4 is 4.72 Å². The monoisotopic (exact) mass is 566 g/mol. The van der Waals surface area contributed by atoms with E-state index >= 15 is 0 Å². The third kappa shape index (κ3) is 5.67. The molecule has 2 aromatic heterocycles. The Hall–Kier alpha value is -2.14. The zero-order chi connectivity index (χ0) is 27.2. The topological polar surface area (TPSA) is 68.2 Å². The van der Waals surface area contributed by atoms with Gasteiger partial charge >= 0.3 is 6.18 Å². The summed E-state index contributed by atoms with van der Waals surface area (Å²) in [5, 5.41) is 11.6. The molecule has 2 heterocycles. The van der Waals surface area contributed by atoms with Crippen molar-refractivity contribution in [3.8, 4) is 11.3 Å². The summed E-state index contributed by atoms with van der Waals surface area (Å²) in [7, 11) is 0. The van der Waals surface area contributed by atoms with Crippen LogP contribution in [-0.2, 0) is 17.0 Å². The highest BCUT2D eigenvalue weighted by molar-refractivity contribution is 7.90. The van der Waals surface area contributed by atoms with Crippen molar-refractivity contribution in [1.29, 1.82) is 0 Å². The number of rotatable bonds is 6. The molecule has 196 valence electrons. The Kier molecular flexibility index (Phi) is 7.69. The van der Waals surface area contributed by atoms with E-state index in [9.17, 15) is 22.8 Å². The van der Waals surface area contributed by atoms with Crippen molar-refractivity contribution in [1.82, 2.24) is 9.71 Å². The smallest absolute Gasteiger partial charge is 0.421 e. The third-order valence-corrected chi connectivity index (χ3v) is 9.15. The first-order chi connectivity index (χ1) is 17.2. The van der Waals surface area contributed by atoms with Crippen LogP contribution in [0.1, 0.15) is 49.7 Å². The molecule has 3 atom stereocenters. The van der Waals surface area contributed by atoms with Gasteiger partial charge in [0, 0.05) is 37.7 Å². The van der Waals surface area contributed by atoms with Crippen molar-refractivity contribution in [2.24, 2.45) is 0 Å². The van der Waals surface area contributed by atoms with Crippen LogP contribution in [0.5, 0.6) is 0 Å². The average molecular weight is 567 g/mol. The van der Waals surface area contributed by atoms with E-state index in [4.69, 9.17) is 11.6 Å². The summed E-state index contributed by atoms with van der Waals surface area (Å²) in [6, 6.07) is 16.7. The molecular formula is C27H26ClF3N2O2S2. The lowest BCUT2D eigenvalue weighted by atomic mass is 9.94. The zero-order valence-corrected chi connectivity index (χ0v) is 22.9. The molecule has 37 heavy (non-hydrogen) atoms. The van der Waals surface area contributed by atoms with Gasteiger partial charge in [-0.25, -0.2) is 0 Å². The van der Waals surface area contributed by atoms with Crippen LogP contribution in [0.3, 0.4) is 0 Å². The Morgan fingerprint density at radius 2 is 1.73 bits per heavy atom. The molecule has 0 aliphatic carbocycles. The summed E-state index contributed by atoms with van der Waals surface area (Å²) in [6.45, 7) is 6.34. The lowest BCUT2D eigenvalue weighted by Gasteiger charge is -2.28. The molecule has 2 aromatic carbocycles. The molecule has 1 unspecified atom stereocenters. The molecular weight excluding hydrogens is 541 g/mol. The number of nitrogens with one attached hydrogen (secondary N) is 1. The largest absolute Gasteiger partial charge is 0.598 e. The Morgan fingerprint density at radius 3 is 2.38 bits per heavy atom. The number of pyridine rings is 1. The fraction of sp³-hybridized carbons (Fsp3) is 0.296. The summed E-state index contributed by atoms with van der Waals surface area (Å²) in [4.78, 5) is 5.14. The average Bonchev–Trinajstić information content (AvgIpc) is 3.26. The maximum atomic E-state index is 13.5. The lowest BCUT2D eigenvalue weighted by molar-refractivity contribution is -0.258. The van der Waals surface area contributed by atoms with Gasteiger partial charge in [-0.1, -0.05) is 48.0 Å². The maximum Gasteiger partial charge on any atom is 0.421 e. The summed E-state index contributed by atoms with van der Waals surface area (Å²) < 4.78 is 57.0. The van der Waals surface area contributed by atoms with Crippen LogP contribution in [0, 0.1) is 0 Å². The predicted molar refractivity (Wildman–Crippen MR) is 145 cm³/mol. The number of thiophene rings is 1. The van der Waals surface area contributed by atoms with Gasteiger partial charge in [0.1, 0.15) is 10.8 Å².